The van der Waals surface area contributed by atoms with E-state index in [9.17, 15) is 4.79 Å². The molecule has 0 spiro atoms. The lowest BCUT2D eigenvalue weighted by Crippen LogP contribution is -2.38. The third-order valence-electron chi connectivity index (χ3n) is 5.07. The normalized spacial score (nSPS) is 19.3. The van der Waals surface area contributed by atoms with Gasteiger partial charge in [-0.15, -0.1) is 0 Å². The Balaban J connectivity index is 1.55. The minimum absolute atomic E-state index is 0.0154. The number of rotatable bonds is 2. The molecule has 0 aromatic heterocycles. The van der Waals surface area contributed by atoms with Crippen molar-refractivity contribution in [1.29, 1.82) is 0 Å². The summed E-state index contributed by atoms with van der Waals surface area (Å²) in [6.45, 7) is 1.78. The van der Waals surface area contributed by atoms with E-state index >= 15 is 0 Å². The van der Waals surface area contributed by atoms with Gasteiger partial charge in [0.05, 0.1) is 6.04 Å². The van der Waals surface area contributed by atoms with Gasteiger partial charge in [0.1, 0.15) is 13.2 Å². The highest BCUT2D eigenvalue weighted by atomic mass is 35.5. The van der Waals surface area contributed by atoms with Crippen LogP contribution in [-0.4, -0.2) is 30.7 Å². The van der Waals surface area contributed by atoms with E-state index < -0.39 is 0 Å². The molecule has 5 nitrogen and oxygen atoms in total. The van der Waals surface area contributed by atoms with Crippen molar-refractivity contribution in [3.05, 3.63) is 53.1 Å². The quantitative estimate of drug-likeness (QED) is 0.765. The molecule has 27 heavy (non-hydrogen) atoms. The Morgan fingerprint density at radius 1 is 1.04 bits per heavy atom. The second-order valence-corrected chi connectivity index (χ2v) is 7.28. The number of urea groups is 1. The molecule has 1 atom stereocenters. The molecule has 0 bridgehead atoms. The molecular weight excluding hydrogens is 364 g/mol. The third-order valence-corrected chi connectivity index (χ3v) is 5.42. The minimum Gasteiger partial charge on any atom is -0.486 e. The van der Waals surface area contributed by atoms with Crippen molar-refractivity contribution in [2.45, 2.75) is 31.7 Å². The Hall–Kier alpha value is -2.40. The van der Waals surface area contributed by atoms with Crippen LogP contribution in [0.1, 0.15) is 37.3 Å². The predicted octanol–water partition coefficient (Wildman–Crippen LogP) is 5.26. The van der Waals surface area contributed by atoms with Crippen LogP contribution in [0.2, 0.25) is 5.02 Å². The van der Waals surface area contributed by atoms with Gasteiger partial charge in [-0.1, -0.05) is 42.6 Å². The monoisotopic (exact) mass is 386 g/mol. The predicted molar refractivity (Wildman–Crippen MR) is 106 cm³/mol. The molecule has 2 aliphatic rings. The molecule has 1 fully saturated rings. The average Bonchev–Trinajstić information content (AvgIpc) is 2.94. The second kappa shape index (κ2) is 8.09. The fourth-order valence-corrected chi connectivity index (χ4v) is 4.00. The summed E-state index contributed by atoms with van der Waals surface area (Å²) in [7, 11) is 0. The van der Waals surface area contributed by atoms with E-state index in [1.807, 2.05) is 47.4 Å². The second-order valence-electron chi connectivity index (χ2n) is 6.87. The first kappa shape index (κ1) is 18.0. The molecule has 6 heteroatoms. The molecular formula is C21H23ClN2O3. The van der Waals surface area contributed by atoms with Crippen LogP contribution in [0.25, 0.3) is 0 Å². The number of nitrogens with zero attached hydrogens (tertiary/aromatic N) is 1. The molecule has 0 radical (unpaired) electrons. The zero-order chi connectivity index (χ0) is 18.6. The minimum atomic E-state index is -0.113. The van der Waals surface area contributed by atoms with E-state index in [1.165, 1.54) is 0 Å². The van der Waals surface area contributed by atoms with Crippen molar-refractivity contribution < 1.29 is 14.3 Å². The number of ether oxygens (including phenoxy) is 2. The molecule has 2 amide bonds. The van der Waals surface area contributed by atoms with Gasteiger partial charge in [-0.25, -0.2) is 4.79 Å². The molecule has 2 aliphatic heterocycles. The van der Waals surface area contributed by atoms with Crippen molar-refractivity contribution in [3.63, 3.8) is 0 Å². The first-order chi connectivity index (χ1) is 13.2. The SMILES string of the molecule is O=C(Nc1ccc2c(c1)OCCO2)N1CCCCC[C@H]1c1ccccc1Cl. The maximum Gasteiger partial charge on any atom is 0.322 e. The van der Waals surface area contributed by atoms with Gasteiger partial charge >= 0.3 is 6.03 Å². The number of anilines is 1. The number of nitrogens with one attached hydrogen (secondary N) is 1. The van der Waals surface area contributed by atoms with Gasteiger partial charge in [-0.3, -0.25) is 0 Å². The first-order valence-electron chi connectivity index (χ1n) is 9.44. The number of carbonyl (C=O) groups excluding carboxylic acids is 1. The van der Waals surface area contributed by atoms with Crippen LogP contribution in [0.3, 0.4) is 0 Å². The number of hydrogen-bond donors (Lipinski definition) is 1. The summed E-state index contributed by atoms with van der Waals surface area (Å²) < 4.78 is 11.2. The zero-order valence-corrected chi connectivity index (χ0v) is 15.9. The standard InChI is InChI=1S/C21H23ClN2O3/c22-17-7-4-3-6-16(17)18-8-2-1-5-11-24(18)21(25)23-15-9-10-19-20(14-15)27-13-12-26-19/h3-4,6-7,9-10,14,18H,1-2,5,8,11-13H2,(H,23,25)/t18-/m0/s1. The molecule has 0 saturated carbocycles. The van der Waals surface area contributed by atoms with Crippen LogP contribution in [0.5, 0.6) is 11.5 Å². The molecule has 0 aliphatic carbocycles. The molecule has 142 valence electrons. The van der Waals surface area contributed by atoms with E-state index in [0.29, 0.717) is 42.0 Å². The van der Waals surface area contributed by atoms with E-state index in [-0.39, 0.29) is 12.1 Å². The van der Waals surface area contributed by atoms with Crippen molar-refractivity contribution in [1.82, 2.24) is 4.90 Å². The molecule has 2 aromatic rings. The summed E-state index contributed by atoms with van der Waals surface area (Å²) in [4.78, 5) is 15.0. The van der Waals surface area contributed by atoms with E-state index in [4.69, 9.17) is 21.1 Å². The van der Waals surface area contributed by atoms with Crippen LogP contribution in [0, 0.1) is 0 Å². The van der Waals surface area contributed by atoms with Crippen LogP contribution in [0.15, 0.2) is 42.5 Å². The summed E-state index contributed by atoms with van der Waals surface area (Å²) in [6, 6.07) is 13.2. The van der Waals surface area contributed by atoms with Gasteiger partial charge in [-0.05, 0) is 36.6 Å². The van der Waals surface area contributed by atoms with Gasteiger partial charge < -0.3 is 19.7 Å². The smallest absolute Gasteiger partial charge is 0.322 e. The number of halogens is 1. The molecule has 2 heterocycles. The summed E-state index contributed by atoms with van der Waals surface area (Å²) in [5, 5.41) is 3.73. The number of hydrogen-bond acceptors (Lipinski definition) is 3. The van der Waals surface area contributed by atoms with E-state index in [2.05, 4.69) is 5.32 Å². The number of benzene rings is 2. The van der Waals surface area contributed by atoms with Crippen molar-refractivity contribution >= 4 is 23.3 Å². The largest absolute Gasteiger partial charge is 0.486 e. The summed E-state index contributed by atoms with van der Waals surface area (Å²) >= 11 is 6.43. The lowest BCUT2D eigenvalue weighted by molar-refractivity contribution is 0.171. The Morgan fingerprint density at radius 2 is 1.85 bits per heavy atom. The van der Waals surface area contributed by atoms with Crippen molar-refractivity contribution in [2.75, 3.05) is 25.1 Å². The fraction of sp³-hybridized carbons (Fsp3) is 0.381. The van der Waals surface area contributed by atoms with Gasteiger partial charge in [0.2, 0.25) is 0 Å². The van der Waals surface area contributed by atoms with Crippen LogP contribution < -0.4 is 14.8 Å². The average molecular weight is 387 g/mol. The first-order valence-corrected chi connectivity index (χ1v) is 9.82. The fourth-order valence-electron chi connectivity index (χ4n) is 3.74. The van der Waals surface area contributed by atoms with Gasteiger partial charge in [-0.2, -0.15) is 0 Å². The van der Waals surface area contributed by atoms with E-state index in [0.717, 1.165) is 31.2 Å². The molecule has 1 saturated heterocycles. The van der Waals surface area contributed by atoms with Gasteiger partial charge in [0.25, 0.3) is 0 Å². The Kier molecular flexibility index (Phi) is 5.39. The van der Waals surface area contributed by atoms with Crippen LogP contribution in [0.4, 0.5) is 10.5 Å². The number of amides is 2. The molecule has 4 rings (SSSR count). The number of fused-ring (bicyclic) bond motifs is 1. The van der Waals surface area contributed by atoms with Crippen LogP contribution >= 0.6 is 11.6 Å². The number of carbonyl (C=O) groups is 1. The lowest BCUT2D eigenvalue weighted by Gasteiger charge is -2.31. The summed E-state index contributed by atoms with van der Waals surface area (Å²) in [6.07, 6.45) is 4.12. The molecule has 1 N–H and O–H groups in total. The highest BCUT2D eigenvalue weighted by Crippen LogP contribution is 2.36. The van der Waals surface area contributed by atoms with Gasteiger partial charge in [0.15, 0.2) is 11.5 Å². The zero-order valence-electron chi connectivity index (χ0n) is 15.1. The molecule has 2 aromatic carbocycles. The van der Waals surface area contributed by atoms with Crippen molar-refractivity contribution in [2.24, 2.45) is 0 Å². The third kappa shape index (κ3) is 3.98. The van der Waals surface area contributed by atoms with Crippen LogP contribution in [-0.2, 0) is 0 Å². The topological polar surface area (TPSA) is 50.8 Å². The number of likely N-dealkylation sites (tertiary alicyclic amines) is 1. The maximum atomic E-state index is 13.1. The highest BCUT2D eigenvalue weighted by Gasteiger charge is 2.28. The summed E-state index contributed by atoms with van der Waals surface area (Å²) in [5.41, 5.74) is 1.71. The molecule has 0 unspecified atom stereocenters. The maximum absolute atomic E-state index is 13.1. The Labute approximate surface area is 164 Å². The lowest BCUT2D eigenvalue weighted by atomic mass is 10.0. The summed E-state index contributed by atoms with van der Waals surface area (Å²) in [5.74, 6) is 1.38. The van der Waals surface area contributed by atoms with Gasteiger partial charge in [0, 0.05) is 23.3 Å². The Bertz CT molecular complexity index is 827. The van der Waals surface area contributed by atoms with Crippen molar-refractivity contribution in [3.8, 4) is 11.5 Å². The Morgan fingerprint density at radius 3 is 2.70 bits per heavy atom. The highest BCUT2D eigenvalue weighted by molar-refractivity contribution is 6.31. The van der Waals surface area contributed by atoms with E-state index in [1.54, 1.807) is 0 Å².